The summed E-state index contributed by atoms with van der Waals surface area (Å²) in [6.45, 7) is 4.17. The molecule has 0 spiro atoms. The van der Waals surface area contributed by atoms with E-state index in [1.807, 2.05) is 13.2 Å². The molecule has 0 bridgehead atoms. The summed E-state index contributed by atoms with van der Waals surface area (Å²) >= 11 is 1.70. The fourth-order valence-corrected chi connectivity index (χ4v) is 1.25. The lowest BCUT2D eigenvalue weighted by atomic mass is 10.4. The molecule has 0 aliphatic heterocycles. The molecular formula is C7H15NO2S. The summed E-state index contributed by atoms with van der Waals surface area (Å²) in [5.74, 6) is 0.915. The van der Waals surface area contributed by atoms with Crippen LogP contribution in [0.25, 0.3) is 0 Å². The van der Waals surface area contributed by atoms with Gasteiger partial charge in [-0.25, -0.2) is 4.79 Å². The van der Waals surface area contributed by atoms with Crippen LogP contribution in [0.15, 0.2) is 0 Å². The molecule has 0 saturated heterocycles. The lowest BCUT2D eigenvalue weighted by Gasteiger charge is -2.11. The van der Waals surface area contributed by atoms with E-state index >= 15 is 0 Å². The average molecular weight is 177 g/mol. The minimum Gasteiger partial charge on any atom is -0.450 e. The number of alkyl carbamates (subject to hydrolysis) is 1. The van der Waals surface area contributed by atoms with E-state index in [9.17, 15) is 4.79 Å². The van der Waals surface area contributed by atoms with Gasteiger partial charge in [-0.1, -0.05) is 0 Å². The van der Waals surface area contributed by atoms with Crippen molar-refractivity contribution >= 4 is 17.9 Å². The van der Waals surface area contributed by atoms with Crippen molar-refractivity contribution in [1.29, 1.82) is 0 Å². The zero-order valence-electron chi connectivity index (χ0n) is 7.22. The zero-order chi connectivity index (χ0) is 8.69. The van der Waals surface area contributed by atoms with Crippen molar-refractivity contribution in [2.45, 2.75) is 19.9 Å². The third kappa shape index (κ3) is 6.04. The van der Waals surface area contributed by atoms with Gasteiger partial charge in [0, 0.05) is 11.8 Å². The Kier molecular flexibility index (Phi) is 6.12. The molecule has 1 atom stereocenters. The Labute approximate surface area is 71.9 Å². The van der Waals surface area contributed by atoms with Crippen LogP contribution in [0.3, 0.4) is 0 Å². The van der Waals surface area contributed by atoms with E-state index in [0.29, 0.717) is 6.61 Å². The number of nitrogens with one attached hydrogen (secondary N) is 1. The predicted octanol–water partition coefficient (Wildman–Crippen LogP) is 1.48. The highest BCUT2D eigenvalue weighted by Gasteiger charge is 2.05. The number of hydrogen-bond donors (Lipinski definition) is 1. The highest BCUT2D eigenvalue weighted by Crippen LogP contribution is 1.95. The van der Waals surface area contributed by atoms with Gasteiger partial charge in [-0.3, -0.25) is 0 Å². The minimum atomic E-state index is -0.325. The minimum absolute atomic E-state index is 0.184. The number of rotatable bonds is 4. The van der Waals surface area contributed by atoms with Crippen molar-refractivity contribution < 1.29 is 9.53 Å². The van der Waals surface area contributed by atoms with Gasteiger partial charge < -0.3 is 10.1 Å². The van der Waals surface area contributed by atoms with E-state index in [4.69, 9.17) is 4.74 Å². The van der Waals surface area contributed by atoms with Gasteiger partial charge in [0.1, 0.15) is 0 Å². The van der Waals surface area contributed by atoms with E-state index in [0.717, 1.165) is 5.75 Å². The Morgan fingerprint density at radius 1 is 1.73 bits per heavy atom. The maximum atomic E-state index is 10.8. The first kappa shape index (κ1) is 10.6. The molecule has 0 aliphatic carbocycles. The van der Waals surface area contributed by atoms with Crippen LogP contribution in [0.4, 0.5) is 4.79 Å². The number of amides is 1. The summed E-state index contributed by atoms with van der Waals surface area (Å²) in [5, 5.41) is 2.70. The molecule has 0 aromatic carbocycles. The predicted molar refractivity (Wildman–Crippen MR) is 48.0 cm³/mol. The van der Waals surface area contributed by atoms with Crippen molar-refractivity contribution in [2.75, 3.05) is 18.6 Å². The molecule has 4 heteroatoms. The molecule has 0 aromatic rings. The smallest absolute Gasteiger partial charge is 0.407 e. The first-order chi connectivity index (χ1) is 5.20. The fraction of sp³-hybridized carbons (Fsp3) is 0.857. The number of carbonyl (C=O) groups is 1. The van der Waals surface area contributed by atoms with Crippen LogP contribution < -0.4 is 5.32 Å². The number of hydrogen-bond acceptors (Lipinski definition) is 3. The summed E-state index contributed by atoms with van der Waals surface area (Å²) in [7, 11) is 0. The fourth-order valence-electron chi connectivity index (χ4n) is 0.666. The van der Waals surface area contributed by atoms with Crippen molar-refractivity contribution in [1.82, 2.24) is 5.32 Å². The first-order valence-electron chi connectivity index (χ1n) is 3.63. The average Bonchev–Trinajstić information content (AvgIpc) is 1.87. The number of carbonyl (C=O) groups excluding carboxylic acids is 1. The summed E-state index contributed by atoms with van der Waals surface area (Å²) < 4.78 is 4.70. The molecule has 0 saturated carbocycles. The maximum absolute atomic E-state index is 10.8. The Morgan fingerprint density at radius 3 is 2.82 bits per heavy atom. The molecule has 0 rings (SSSR count). The Balaban J connectivity index is 3.40. The molecule has 1 amide bonds. The topological polar surface area (TPSA) is 38.3 Å². The van der Waals surface area contributed by atoms with Crippen molar-refractivity contribution in [3.8, 4) is 0 Å². The van der Waals surface area contributed by atoms with Crippen LogP contribution in [0.5, 0.6) is 0 Å². The van der Waals surface area contributed by atoms with Gasteiger partial charge in [0.15, 0.2) is 0 Å². The van der Waals surface area contributed by atoms with Crippen LogP contribution in [0, 0.1) is 0 Å². The van der Waals surface area contributed by atoms with Crippen molar-refractivity contribution in [2.24, 2.45) is 0 Å². The second kappa shape index (κ2) is 6.34. The normalized spacial score (nSPS) is 12.3. The maximum Gasteiger partial charge on any atom is 0.407 e. The van der Waals surface area contributed by atoms with Crippen LogP contribution in [-0.2, 0) is 4.74 Å². The summed E-state index contributed by atoms with van der Waals surface area (Å²) in [4.78, 5) is 10.8. The van der Waals surface area contributed by atoms with Gasteiger partial charge in [-0.15, -0.1) is 0 Å². The molecule has 3 nitrogen and oxygen atoms in total. The van der Waals surface area contributed by atoms with Gasteiger partial charge in [0.2, 0.25) is 0 Å². The molecule has 66 valence electrons. The molecule has 0 radical (unpaired) electrons. The third-order valence-corrected chi connectivity index (χ3v) is 1.89. The monoisotopic (exact) mass is 177 g/mol. The Bertz CT molecular complexity index is 119. The summed E-state index contributed by atoms with van der Waals surface area (Å²) in [5.41, 5.74) is 0. The molecule has 0 heterocycles. The quantitative estimate of drug-likeness (QED) is 0.707. The lowest BCUT2D eigenvalue weighted by Crippen LogP contribution is -2.34. The van der Waals surface area contributed by atoms with Crippen molar-refractivity contribution in [3.63, 3.8) is 0 Å². The Hall–Kier alpha value is -0.380. The van der Waals surface area contributed by atoms with Crippen LogP contribution in [-0.4, -0.2) is 30.8 Å². The molecule has 1 unspecified atom stereocenters. The van der Waals surface area contributed by atoms with E-state index in [1.54, 1.807) is 18.7 Å². The first-order valence-corrected chi connectivity index (χ1v) is 5.02. The molecule has 11 heavy (non-hydrogen) atoms. The van der Waals surface area contributed by atoms with Gasteiger partial charge >= 0.3 is 6.09 Å². The van der Waals surface area contributed by atoms with Gasteiger partial charge in [0.05, 0.1) is 6.61 Å². The number of thioether (sulfide) groups is 1. The number of ether oxygens (including phenoxy) is 1. The molecule has 0 aliphatic rings. The summed E-state index contributed by atoms with van der Waals surface area (Å²) in [6, 6.07) is 0.184. The third-order valence-electron chi connectivity index (χ3n) is 1.06. The second-order valence-electron chi connectivity index (χ2n) is 2.22. The molecular weight excluding hydrogens is 162 g/mol. The SMILES string of the molecule is CCOC(=O)NC(C)CSC. The van der Waals surface area contributed by atoms with Gasteiger partial charge in [-0.2, -0.15) is 11.8 Å². The summed E-state index contributed by atoms with van der Waals surface area (Å²) in [6.07, 6.45) is 1.68. The lowest BCUT2D eigenvalue weighted by molar-refractivity contribution is 0.150. The van der Waals surface area contributed by atoms with E-state index in [2.05, 4.69) is 5.32 Å². The highest BCUT2D eigenvalue weighted by molar-refractivity contribution is 7.98. The zero-order valence-corrected chi connectivity index (χ0v) is 8.03. The van der Waals surface area contributed by atoms with Crippen LogP contribution in [0.1, 0.15) is 13.8 Å². The van der Waals surface area contributed by atoms with E-state index < -0.39 is 0 Å². The van der Waals surface area contributed by atoms with Crippen LogP contribution >= 0.6 is 11.8 Å². The highest BCUT2D eigenvalue weighted by atomic mass is 32.2. The standard InChI is InChI=1S/C7H15NO2S/c1-4-10-7(9)8-6(2)5-11-3/h6H,4-5H2,1-3H3,(H,8,9). The molecule has 0 fully saturated rings. The van der Waals surface area contributed by atoms with Gasteiger partial charge in [0.25, 0.3) is 0 Å². The van der Waals surface area contributed by atoms with Crippen LogP contribution in [0.2, 0.25) is 0 Å². The second-order valence-corrected chi connectivity index (χ2v) is 3.13. The van der Waals surface area contributed by atoms with E-state index in [-0.39, 0.29) is 12.1 Å². The molecule has 1 N–H and O–H groups in total. The van der Waals surface area contributed by atoms with Crippen molar-refractivity contribution in [3.05, 3.63) is 0 Å². The Morgan fingerprint density at radius 2 is 2.36 bits per heavy atom. The largest absolute Gasteiger partial charge is 0.450 e. The molecule has 0 aromatic heterocycles. The van der Waals surface area contributed by atoms with E-state index in [1.165, 1.54) is 0 Å². The van der Waals surface area contributed by atoms with Gasteiger partial charge in [-0.05, 0) is 20.1 Å².